The van der Waals surface area contributed by atoms with Crippen LogP contribution in [-0.2, 0) is 6.54 Å². The molecule has 0 fully saturated rings. The zero-order valence-corrected chi connectivity index (χ0v) is 11.9. The SMILES string of the molecule is Cc1ccccc1-c1nnsc1CNCC(C)C. The summed E-state index contributed by atoms with van der Waals surface area (Å²) in [6, 6.07) is 8.32. The third kappa shape index (κ3) is 3.15. The van der Waals surface area contributed by atoms with E-state index in [2.05, 4.69) is 53.9 Å². The van der Waals surface area contributed by atoms with Gasteiger partial charge in [-0.1, -0.05) is 42.6 Å². The summed E-state index contributed by atoms with van der Waals surface area (Å²) in [5.74, 6) is 0.660. The minimum atomic E-state index is 0.660. The van der Waals surface area contributed by atoms with Crippen molar-refractivity contribution in [1.29, 1.82) is 0 Å². The van der Waals surface area contributed by atoms with Crippen molar-refractivity contribution >= 4 is 11.5 Å². The molecule has 2 rings (SSSR count). The highest BCUT2D eigenvalue weighted by molar-refractivity contribution is 7.05. The second-order valence-electron chi connectivity index (χ2n) is 4.88. The molecule has 0 atom stereocenters. The lowest BCUT2D eigenvalue weighted by atomic mass is 10.1. The quantitative estimate of drug-likeness (QED) is 0.897. The molecule has 1 heterocycles. The average Bonchev–Trinajstić information content (AvgIpc) is 2.77. The summed E-state index contributed by atoms with van der Waals surface area (Å²) in [5, 5.41) is 7.72. The molecule has 0 aliphatic heterocycles. The molecule has 96 valence electrons. The van der Waals surface area contributed by atoms with E-state index in [0.29, 0.717) is 5.92 Å². The van der Waals surface area contributed by atoms with Crippen LogP contribution < -0.4 is 5.32 Å². The van der Waals surface area contributed by atoms with Crippen LogP contribution in [0.25, 0.3) is 11.3 Å². The van der Waals surface area contributed by atoms with Crippen LogP contribution in [0.2, 0.25) is 0 Å². The van der Waals surface area contributed by atoms with Crippen molar-refractivity contribution < 1.29 is 0 Å². The molecule has 0 aliphatic rings. The predicted molar refractivity (Wildman–Crippen MR) is 76.6 cm³/mol. The summed E-state index contributed by atoms with van der Waals surface area (Å²) in [5.41, 5.74) is 3.46. The summed E-state index contributed by atoms with van der Waals surface area (Å²) < 4.78 is 4.09. The van der Waals surface area contributed by atoms with E-state index < -0.39 is 0 Å². The Morgan fingerprint density at radius 1 is 1.28 bits per heavy atom. The average molecular weight is 261 g/mol. The van der Waals surface area contributed by atoms with Crippen LogP contribution in [0.4, 0.5) is 0 Å². The molecule has 0 amide bonds. The molecule has 3 nitrogen and oxygen atoms in total. The molecule has 4 heteroatoms. The Kier molecular flexibility index (Phi) is 4.44. The van der Waals surface area contributed by atoms with Gasteiger partial charge in [0.1, 0.15) is 5.69 Å². The van der Waals surface area contributed by atoms with E-state index in [4.69, 9.17) is 0 Å². The van der Waals surface area contributed by atoms with Crippen LogP contribution in [0.3, 0.4) is 0 Å². The molecule has 1 aromatic heterocycles. The molecule has 1 aromatic carbocycles. The van der Waals surface area contributed by atoms with Crippen LogP contribution in [0.1, 0.15) is 24.3 Å². The van der Waals surface area contributed by atoms with Crippen LogP contribution in [-0.4, -0.2) is 16.1 Å². The van der Waals surface area contributed by atoms with Crippen molar-refractivity contribution in [3.63, 3.8) is 0 Å². The van der Waals surface area contributed by atoms with Gasteiger partial charge in [0.25, 0.3) is 0 Å². The van der Waals surface area contributed by atoms with Crippen LogP contribution in [0.15, 0.2) is 24.3 Å². The van der Waals surface area contributed by atoms with E-state index in [0.717, 1.165) is 18.8 Å². The first kappa shape index (κ1) is 13.2. The van der Waals surface area contributed by atoms with Gasteiger partial charge in [0, 0.05) is 12.1 Å². The summed E-state index contributed by atoms with van der Waals surface area (Å²) in [6.45, 7) is 8.39. The van der Waals surface area contributed by atoms with Crippen LogP contribution >= 0.6 is 11.5 Å². The number of hydrogen-bond donors (Lipinski definition) is 1. The van der Waals surface area contributed by atoms with Gasteiger partial charge in [-0.25, -0.2) is 0 Å². The molecule has 0 unspecified atom stereocenters. The minimum Gasteiger partial charge on any atom is -0.311 e. The van der Waals surface area contributed by atoms with Crippen molar-refractivity contribution in [2.24, 2.45) is 5.92 Å². The topological polar surface area (TPSA) is 37.8 Å². The number of aromatic nitrogens is 2. The molecular weight excluding hydrogens is 242 g/mol. The lowest BCUT2D eigenvalue weighted by Crippen LogP contribution is -2.18. The second kappa shape index (κ2) is 6.07. The fourth-order valence-electron chi connectivity index (χ4n) is 1.84. The fraction of sp³-hybridized carbons (Fsp3) is 0.429. The maximum absolute atomic E-state index is 4.27. The number of hydrogen-bond acceptors (Lipinski definition) is 4. The van der Waals surface area contributed by atoms with E-state index in [9.17, 15) is 0 Å². The number of rotatable bonds is 5. The Bertz CT molecular complexity index is 505. The Morgan fingerprint density at radius 3 is 2.78 bits per heavy atom. The normalized spacial score (nSPS) is 11.1. The number of nitrogens with zero attached hydrogens (tertiary/aromatic N) is 2. The minimum absolute atomic E-state index is 0.660. The first-order valence-corrected chi connectivity index (χ1v) is 7.03. The Hall–Kier alpha value is -1.26. The molecule has 0 spiro atoms. The summed E-state index contributed by atoms with van der Waals surface area (Å²) >= 11 is 1.48. The summed E-state index contributed by atoms with van der Waals surface area (Å²) in [6.07, 6.45) is 0. The first-order valence-electron chi connectivity index (χ1n) is 6.26. The van der Waals surface area contributed by atoms with E-state index in [1.807, 2.05) is 6.07 Å². The molecule has 2 aromatic rings. The number of benzene rings is 1. The lowest BCUT2D eigenvalue weighted by Gasteiger charge is -2.07. The first-order chi connectivity index (χ1) is 8.68. The van der Waals surface area contributed by atoms with Gasteiger partial charge >= 0.3 is 0 Å². The van der Waals surface area contributed by atoms with Crippen molar-refractivity contribution in [2.45, 2.75) is 27.3 Å². The van der Waals surface area contributed by atoms with E-state index in [-0.39, 0.29) is 0 Å². The molecular formula is C14H19N3S. The van der Waals surface area contributed by atoms with Crippen LogP contribution in [0, 0.1) is 12.8 Å². The highest BCUT2D eigenvalue weighted by atomic mass is 32.1. The number of nitrogens with one attached hydrogen (secondary N) is 1. The lowest BCUT2D eigenvalue weighted by molar-refractivity contribution is 0.555. The van der Waals surface area contributed by atoms with Gasteiger partial charge in [0.15, 0.2) is 0 Å². The van der Waals surface area contributed by atoms with Gasteiger partial charge in [-0.3, -0.25) is 0 Å². The maximum atomic E-state index is 4.27. The predicted octanol–water partition coefficient (Wildman–Crippen LogP) is 3.26. The smallest absolute Gasteiger partial charge is 0.110 e. The molecule has 0 saturated carbocycles. The van der Waals surface area contributed by atoms with Gasteiger partial charge in [0.2, 0.25) is 0 Å². The molecule has 1 N–H and O–H groups in total. The highest BCUT2D eigenvalue weighted by Crippen LogP contribution is 2.26. The van der Waals surface area contributed by atoms with Crippen molar-refractivity contribution in [1.82, 2.24) is 14.9 Å². The molecule has 0 bridgehead atoms. The Morgan fingerprint density at radius 2 is 2.06 bits per heavy atom. The van der Waals surface area contributed by atoms with Gasteiger partial charge in [-0.15, -0.1) is 5.10 Å². The third-order valence-corrected chi connectivity index (χ3v) is 3.52. The van der Waals surface area contributed by atoms with Crippen LogP contribution in [0.5, 0.6) is 0 Å². The Balaban J connectivity index is 2.15. The van der Waals surface area contributed by atoms with Gasteiger partial charge in [-0.2, -0.15) is 0 Å². The van der Waals surface area contributed by atoms with Crippen molar-refractivity contribution in [3.8, 4) is 11.3 Å². The fourth-order valence-corrected chi connectivity index (χ4v) is 2.47. The molecule has 0 saturated heterocycles. The van der Waals surface area contributed by atoms with Crippen molar-refractivity contribution in [2.75, 3.05) is 6.54 Å². The highest BCUT2D eigenvalue weighted by Gasteiger charge is 2.11. The standard InChI is InChI=1S/C14H19N3S/c1-10(2)8-15-9-13-14(16-17-18-13)12-7-5-4-6-11(12)3/h4-7,10,15H,8-9H2,1-3H3. The summed E-state index contributed by atoms with van der Waals surface area (Å²) in [4.78, 5) is 1.21. The molecule has 0 aliphatic carbocycles. The summed E-state index contributed by atoms with van der Waals surface area (Å²) in [7, 11) is 0. The van der Waals surface area contributed by atoms with Crippen molar-refractivity contribution in [3.05, 3.63) is 34.7 Å². The largest absolute Gasteiger partial charge is 0.311 e. The third-order valence-electron chi connectivity index (χ3n) is 2.79. The van der Waals surface area contributed by atoms with E-state index in [1.54, 1.807) is 0 Å². The van der Waals surface area contributed by atoms with E-state index >= 15 is 0 Å². The van der Waals surface area contributed by atoms with E-state index in [1.165, 1.54) is 27.5 Å². The maximum Gasteiger partial charge on any atom is 0.110 e. The molecule has 18 heavy (non-hydrogen) atoms. The zero-order chi connectivity index (χ0) is 13.0. The van der Waals surface area contributed by atoms with Gasteiger partial charge in [-0.05, 0) is 36.5 Å². The monoisotopic (exact) mass is 261 g/mol. The van der Waals surface area contributed by atoms with Gasteiger partial charge in [0.05, 0.1) is 4.88 Å². The Labute approximate surface area is 112 Å². The second-order valence-corrected chi connectivity index (χ2v) is 5.72. The van der Waals surface area contributed by atoms with Gasteiger partial charge < -0.3 is 5.32 Å². The number of aryl methyl sites for hydroxylation is 1. The molecule has 0 radical (unpaired) electrons. The zero-order valence-electron chi connectivity index (χ0n) is 11.1.